The molecule has 102 valence electrons. The molecule has 0 saturated carbocycles. The van der Waals surface area contributed by atoms with E-state index in [1.807, 2.05) is 18.2 Å². The van der Waals surface area contributed by atoms with E-state index < -0.39 is 0 Å². The fraction of sp³-hybridized carbons (Fsp3) is 0.571. The van der Waals surface area contributed by atoms with Gasteiger partial charge in [0.1, 0.15) is 5.75 Å². The lowest BCUT2D eigenvalue weighted by Crippen LogP contribution is -2.05. The number of hydrogen-bond acceptors (Lipinski definition) is 3. The van der Waals surface area contributed by atoms with E-state index in [-0.39, 0.29) is 0 Å². The summed E-state index contributed by atoms with van der Waals surface area (Å²) in [4.78, 5) is 0. The van der Waals surface area contributed by atoms with Crippen LogP contribution in [0.2, 0.25) is 0 Å². The van der Waals surface area contributed by atoms with Crippen molar-refractivity contribution in [1.82, 2.24) is 0 Å². The topological polar surface area (TPSA) is 27.7 Å². The van der Waals surface area contributed by atoms with Crippen molar-refractivity contribution in [3.05, 3.63) is 28.2 Å². The van der Waals surface area contributed by atoms with Gasteiger partial charge in [0.2, 0.25) is 0 Å². The standard InChI is InChI=1S/C14H21BrO3/c1-3-4-7-17-8-9-18-11-12-5-6-14(16-2)13(15)10-12/h5-6,10H,3-4,7-9,11H2,1-2H3. The molecule has 18 heavy (non-hydrogen) atoms. The van der Waals surface area contributed by atoms with Crippen LogP contribution >= 0.6 is 15.9 Å². The number of unbranched alkanes of at least 4 members (excludes halogenated alkanes) is 1. The second-order valence-corrected chi connectivity index (χ2v) is 4.84. The van der Waals surface area contributed by atoms with Gasteiger partial charge >= 0.3 is 0 Å². The summed E-state index contributed by atoms with van der Waals surface area (Å²) in [5.41, 5.74) is 1.12. The number of ether oxygens (including phenoxy) is 3. The number of halogens is 1. The van der Waals surface area contributed by atoms with Crippen molar-refractivity contribution < 1.29 is 14.2 Å². The number of benzene rings is 1. The largest absolute Gasteiger partial charge is 0.496 e. The smallest absolute Gasteiger partial charge is 0.133 e. The highest BCUT2D eigenvalue weighted by molar-refractivity contribution is 9.10. The first-order chi connectivity index (χ1) is 8.77. The van der Waals surface area contributed by atoms with Crippen LogP contribution in [-0.2, 0) is 16.1 Å². The lowest BCUT2D eigenvalue weighted by atomic mass is 10.2. The summed E-state index contributed by atoms with van der Waals surface area (Å²) in [6.07, 6.45) is 2.28. The quantitative estimate of drug-likeness (QED) is 0.649. The molecule has 0 atom stereocenters. The highest BCUT2D eigenvalue weighted by atomic mass is 79.9. The van der Waals surface area contributed by atoms with Crippen molar-refractivity contribution in [1.29, 1.82) is 0 Å². The first-order valence-corrected chi connectivity index (χ1v) is 7.05. The molecule has 0 N–H and O–H groups in total. The SMILES string of the molecule is CCCCOCCOCc1ccc(OC)c(Br)c1. The maximum absolute atomic E-state index is 5.54. The highest BCUT2D eigenvalue weighted by Crippen LogP contribution is 2.25. The molecule has 4 heteroatoms. The van der Waals surface area contributed by atoms with Crippen LogP contribution in [0.1, 0.15) is 25.3 Å². The summed E-state index contributed by atoms with van der Waals surface area (Å²) < 4.78 is 17.1. The van der Waals surface area contributed by atoms with Crippen LogP contribution in [0.5, 0.6) is 5.75 Å². The molecule has 1 aromatic rings. The summed E-state index contributed by atoms with van der Waals surface area (Å²) in [7, 11) is 1.66. The summed E-state index contributed by atoms with van der Waals surface area (Å²) in [5, 5.41) is 0. The third kappa shape index (κ3) is 5.85. The third-order valence-corrected chi connectivity index (χ3v) is 3.12. The van der Waals surface area contributed by atoms with Crippen LogP contribution < -0.4 is 4.74 Å². The predicted octanol–water partition coefficient (Wildman–Crippen LogP) is 3.79. The second kappa shape index (κ2) is 9.36. The second-order valence-electron chi connectivity index (χ2n) is 3.99. The van der Waals surface area contributed by atoms with Crippen LogP contribution in [0.3, 0.4) is 0 Å². The Hall–Kier alpha value is -0.580. The van der Waals surface area contributed by atoms with Gasteiger partial charge in [-0.1, -0.05) is 19.4 Å². The van der Waals surface area contributed by atoms with Crippen LogP contribution in [0.4, 0.5) is 0 Å². The molecule has 0 aromatic heterocycles. The average Bonchev–Trinajstić information content (AvgIpc) is 2.38. The molecule has 0 fully saturated rings. The normalized spacial score (nSPS) is 10.6. The van der Waals surface area contributed by atoms with E-state index in [1.54, 1.807) is 7.11 Å². The maximum Gasteiger partial charge on any atom is 0.133 e. The molecule has 1 aromatic carbocycles. The van der Waals surface area contributed by atoms with Gasteiger partial charge in [-0.05, 0) is 40.0 Å². The lowest BCUT2D eigenvalue weighted by Gasteiger charge is -2.08. The number of hydrogen-bond donors (Lipinski definition) is 0. The van der Waals surface area contributed by atoms with Gasteiger partial charge in [-0.15, -0.1) is 0 Å². The zero-order valence-electron chi connectivity index (χ0n) is 11.1. The fourth-order valence-electron chi connectivity index (χ4n) is 1.46. The molecule has 3 nitrogen and oxygen atoms in total. The van der Waals surface area contributed by atoms with Crippen LogP contribution in [0.25, 0.3) is 0 Å². The van der Waals surface area contributed by atoms with Gasteiger partial charge in [0.15, 0.2) is 0 Å². The molecule has 0 aliphatic rings. The summed E-state index contributed by atoms with van der Waals surface area (Å²) in [6, 6.07) is 5.94. The molecular weight excluding hydrogens is 296 g/mol. The minimum Gasteiger partial charge on any atom is -0.496 e. The molecule has 0 bridgehead atoms. The molecule has 0 radical (unpaired) electrons. The molecule has 0 amide bonds. The maximum atomic E-state index is 5.54. The van der Waals surface area contributed by atoms with Crippen molar-refractivity contribution in [2.24, 2.45) is 0 Å². The van der Waals surface area contributed by atoms with E-state index in [1.165, 1.54) is 6.42 Å². The van der Waals surface area contributed by atoms with Gasteiger partial charge in [-0.2, -0.15) is 0 Å². The van der Waals surface area contributed by atoms with E-state index in [9.17, 15) is 0 Å². The fourth-order valence-corrected chi connectivity index (χ4v) is 2.04. The van der Waals surface area contributed by atoms with Crippen molar-refractivity contribution in [2.45, 2.75) is 26.4 Å². The van der Waals surface area contributed by atoms with Gasteiger partial charge < -0.3 is 14.2 Å². The zero-order chi connectivity index (χ0) is 13.2. The van der Waals surface area contributed by atoms with Gasteiger partial charge in [0, 0.05) is 6.61 Å². The van der Waals surface area contributed by atoms with Gasteiger partial charge in [-0.25, -0.2) is 0 Å². The molecule has 1 rings (SSSR count). The highest BCUT2D eigenvalue weighted by Gasteiger charge is 2.01. The van der Waals surface area contributed by atoms with E-state index >= 15 is 0 Å². The van der Waals surface area contributed by atoms with Crippen LogP contribution in [-0.4, -0.2) is 26.9 Å². The Morgan fingerprint density at radius 2 is 1.89 bits per heavy atom. The molecule has 0 aliphatic heterocycles. The summed E-state index contributed by atoms with van der Waals surface area (Å²) >= 11 is 3.45. The Morgan fingerprint density at radius 1 is 1.11 bits per heavy atom. The number of rotatable bonds is 9. The summed E-state index contributed by atoms with van der Waals surface area (Å²) in [5.74, 6) is 0.835. The molecule has 0 spiro atoms. The first-order valence-electron chi connectivity index (χ1n) is 6.25. The Bertz CT molecular complexity index is 342. The molecular formula is C14H21BrO3. The predicted molar refractivity (Wildman–Crippen MR) is 76.1 cm³/mol. The minimum atomic E-state index is 0.597. The van der Waals surface area contributed by atoms with Crippen LogP contribution in [0.15, 0.2) is 22.7 Å². The average molecular weight is 317 g/mol. The minimum absolute atomic E-state index is 0.597. The molecule has 0 unspecified atom stereocenters. The van der Waals surface area contributed by atoms with Gasteiger partial charge in [0.05, 0.1) is 31.4 Å². The van der Waals surface area contributed by atoms with Crippen molar-refractivity contribution in [3.8, 4) is 5.75 Å². The Kier molecular flexibility index (Phi) is 8.05. The first kappa shape index (κ1) is 15.5. The van der Waals surface area contributed by atoms with E-state index in [0.29, 0.717) is 19.8 Å². The van der Waals surface area contributed by atoms with Crippen molar-refractivity contribution in [3.63, 3.8) is 0 Å². The Labute approximate surface area is 118 Å². The van der Waals surface area contributed by atoms with Crippen molar-refractivity contribution >= 4 is 15.9 Å². The monoisotopic (exact) mass is 316 g/mol. The number of methoxy groups -OCH3 is 1. The van der Waals surface area contributed by atoms with E-state index in [4.69, 9.17) is 14.2 Å². The van der Waals surface area contributed by atoms with E-state index in [0.717, 1.165) is 28.8 Å². The zero-order valence-corrected chi connectivity index (χ0v) is 12.7. The molecule has 0 saturated heterocycles. The van der Waals surface area contributed by atoms with Crippen molar-refractivity contribution in [2.75, 3.05) is 26.9 Å². The van der Waals surface area contributed by atoms with Crippen LogP contribution in [0, 0.1) is 0 Å². The van der Waals surface area contributed by atoms with Gasteiger partial charge in [-0.3, -0.25) is 0 Å². The lowest BCUT2D eigenvalue weighted by molar-refractivity contribution is 0.0396. The molecule has 0 heterocycles. The molecule has 0 aliphatic carbocycles. The van der Waals surface area contributed by atoms with E-state index in [2.05, 4.69) is 22.9 Å². The van der Waals surface area contributed by atoms with Gasteiger partial charge in [0.25, 0.3) is 0 Å². The Morgan fingerprint density at radius 3 is 2.56 bits per heavy atom. The third-order valence-electron chi connectivity index (χ3n) is 2.50. The Balaban J connectivity index is 2.17. The summed E-state index contributed by atoms with van der Waals surface area (Å²) in [6.45, 7) is 4.87.